The molecule has 0 fully saturated rings. The normalized spacial score (nSPS) is 13.5. The molecule has 0 unspecified atom stereocenters. The summed E-state index contributed by atoms with van der Waals surface area (Å²) in [7, 11) is 0. The van der Waals surface area contributed by atoms with Crippen molar-refractivity contribution in [3.05, 3.63) is 45.6 Å². The molecule has 2 aromatic heterocycles. The Morgan fingerprint density at radius 2 is 2.00 bits per heavy atom. The monoisotopic (exact) mass is 365 g/mol. The van der Waals surface area contributed by atoms with Crippen LogP contribution in [0.3, 0.4) is 0 Å². The number of thiophene rings is 1. The molecular formula is C17H17Cl2N3S. The van der Waals surface area contributed by atoms with Crippen LogP contribution in [-0.4, -0.2) is 9.97 Å². The van der Waals surface area contributed by atoms with E-state index in [2.05, 4.69) is 15.3 Å². The molecule has 6 heteroatoms. The number of aromatic nitrogens is 2. The number of anilines is 2. The summed E-state index contributed by atoms with van der Waals surface area (Å²) < 4.78 is 0. The minimum Gasteiger partial charge on any atom is -0.340 e. The Morgan fingerprint density at radius 3 is 2.83 bits per heavy atom. The van der Waals surface area contributed by atoms with Crippen molar-refractivity contribution in [2.75, 3.05) is 5.32 Å². The Morgan fingerprint density at radius 1 is 1.17 bits per heavy atom. The zero-order chi connectivity index (χ0) is 15.1. The third-order valence-electron chi connectivity index (χ3n) is 4.01. The second-order valence-electron chi connectivity index (χ2n) is 5.65. The predicted octanol–water partition coefficient (Wildman–Crippen LogP) is 5.70. The lowest BCUT2D eigenvalue weighted by atomic mass is 9.97. The van der Waals surface area contributed by atoms with Gasteiger partial charge in [0.1, 0.15) is 16.5 Å². The Hall–Kier alpha value is -1.36. The Bertz CT molecular complexity index is 860. The van der Waals surface area contributed by atoms with Gasteiger partial charge in [0.2, 0.25) is 0 Å². The minimum absolute atomic E-state index is 0. The first-order chi connectivity index (χ1) is 10.7. The maximum Gasteiger partial charge on any atom is 0.143 e. The first kappa shape index (κ1) is 16.5. The van der Waals surface area contributed by atoms with Crippen molar-refractivity contribution in [1.82, 2.24) is 9.97 Å². The van der Waals surface area contributed by atoms with Crippen molar-refractivity contribution in [3.63, 3.8) is 0 Å². The molecule has 1 N–H and O–H groups in total. The Balaban J connectivity index is 0.00000156. The summed E-state index contributed by atoms with van der Waals surface area (Å²) in [5, 5.41) is 5.36. The van der Waals surface area contributed by atoms with Crippen molar-refractivity contribution in [3.8, 4) is 0 Å². The van der Waals surface area contributed by atoms with Crippen LogP contribution in [0.15, 0.2) is 24.3 Å². The number of nitrogens with zero attached hydrogens (tertiary/aromatic N) is 2. The minimum atomic E-state index is 0. The van der Waals surface area contributed by atoms with Crippen LogP contribution < -0.4 is 5.32 Å². The van der Waals surface area contributed by atoms with Crippen LogP contribution in [0.5, 0.6) is 0 Å². The molecule has 23 heavy (non-hydrogen) atoms. The summed E-state index contributed by atoms with van der Waals surface area (Å²) >= 11 is 7.91. The molecule has 0 radical (unpaired) electrons. The molecule has 4 rings (SSSR count). The SMILES string of the molecule is Cc1nc(Nc2cccc(Cl)c2)c2c3c(sc2n1)CCCC3.Cl. The molecule has 3 aromatic rings. The van der Waals surface area contributed by atoms with E-state index in [1.54, 1.807) is 0 Å². The van der Waals surface area contributed by atoms with Crippen LogP contribution >= 0.6 is 35.3 Å². The number of nitrogens with one attached hydrogen (secondary N) is 1. The highest BCUT2D eigenvalue weighted by molar-refractivity contribution is 7.19. The molecule has 3 nitrogen and oxygen atoms in total. The molecule has 0 aliphatic heterocycles. The maximum absolute atomic E-state index is 6.08. The van der Waals surface area contributed by atoms with Gasteiger partial charge in [0.05, 0.1) is 5.39 Å². The summed E-state index contributed by atoms with van der Waals surface area (Å²) in [6.45, 7) is 1.95. The van der Waals surface area contributed by atoms with E-state index in [0.717, 1.165) is 33.6 Å². The maximum atomic E-state index is 6.08. The lowest BCUT2D eigenvalue weighted by Gasteiger charge is -2.13. The second-order valence-corrected chi connectivity index (χ2v) is 7.17. The van der Waals surface area contributed by atoms with E-state index in [9.17, 15) is 0 Å². The van der Waals surface area contributed by atoms with E-state index in [4.69, 9.17) is 11.6 Å². The smallest absolute Gasteiger partial charge is 0.143 e. The fourth-order valence-electron chi connectivity index (χ4n) is 3.06. The second kappa shape index (κ2) is 6.63. The highest BCUT2D eigenvalue weighted by Gasteiger charge is 2.20. The molecular weight excluding hydrogens is 349 g/mol. The Kier molecular flexibility index (Phi) is 4.76. The summed E-state index contributed by atoms with van der Waals surface area (Å²) in [5.41, 5.74) is 2.40. The van der Waals surface area contributed by atoms with Crippen LogP contribution in [0.2, 0.25) is 5.02 Å². The van der Waals surface area contributed by atoms with E-state index >= 15 is 0 Å². The highest BCUT2D eigenvalue weighted by Crippen LogP contribution is 2.39. The molecule has 2 heterocycles. The number of rotatable bonds is 2. The zero-order valence-electron chi connectivity index (χ0n) is 12.7. The molecule has 0 atom stereocenters. The molecule has 1 aromatic carbocycles. The molecule has 120 valence electrons. The quantitative estimate of drug-likeness (QED) is 0.632. The zero-order valence-corrected chi connectivity index (χ0v) is 15.1. The Labute approximate surface area is 150 Å². The molecule has 0 bridgehead atoms. The lowest BCUT2D eigenvalue weighted by molar-refractivity contribution is 0.700. The van der Waals surface area contributed by atoms with Crippen molar-refractivity contribution >= 4 is 57.1 Å². The fraction of sp³-hybridized carbons (Fsp3) is 0.294. The van der Waals surface area contributed by atoms with Gasteiger partial charge < -0.3 is 5.32 Å². The van der Waals surface area contributed by atoms with Crippen molar-refractivity contribution in [2.24, 2.45) is 0 Å². The predicted molar refractivity (Wildman–Crippen MR) is 101 cm³/mol. The van der Waals surface area contributed by atoms with Crippen molar-refractivity contribution < 1.29 is 0 Å². The number of halogens is 2. The fourth-order valence-corrected chi connectivity index (χ4v) is 4.55. The molecule has 0 amide bonds. The van der Waals surface area contributed by atoms with Gasteiger partial charge >= 0.3 is 0 Å². The van der Waals surface area contributed by atoms with E-state index in [1.165, 1.54) is 35.1 Å². The number of hydrogen-bond acceptors (Lipinski definition) is 4. The summed E-state index contributed by atoms with van der Waals surface area (Å²) in [4.78, 5) is 11.9. The summed E-state index contributed by atoms with van der Waals surface area (Å²) in [6.07, 6.45) is 4.84. The van der Waals surface area contributed by atoms with Gasteiger partial charge in [-0.05, 0) is 56.4 Å². The van der Waals surface area contributed by atoms with Gasteiger partial charge in [-0.25, -0.2) is 9.97 Å². The van der Waals surface area contributed by atoms with E-state index in [-0.39, 0.29) is 12.4 Å². The number of aryl methyl sites for hydroxylation is 3. The molecule has 0 saturated heterocycles. The summed E-state index contributed by atoms with van der Waals surface area (Å²) in [5.74, 6) is 1.71. The van der Waals surface area contributed by atoms with Crippen molar-refractivity contribution in [1.29, 1.82) is 0 Å². The standard InChI is InChI=1S/C17H16ClN3S.ClH/c1-10-19-16(21-12-6-4-5-11(18)9-12)15-13-7-2-3-8-14(13)22-17(15)20-10;/h4-6,9H,2-3,7-8H2,1H3,(H,19,20,21);1H. The average molecular weight is 366 g/mol. The van der Waals surface area contributed by atoms with Gasteiger partial charge in [0.15, 0.2) is 0 Å². The first-order valence-corrected chi connectivity index (χ1v) is 8.71. The largest absolute Gasteiger partial charge is 0.340 e. The van der Waals surface area contributed by atoms with Gasteiger partial charge in [-0.1, -0.05) is 17.7 Å². The lowest BCUT2D eigenvalue weighted by Crippen LogP contribution is -2.02. The molecule has 1 aliphatic carbocycles. The van der Waals surface area contributed by atoms with Crippen LogP contribution in [0, 0.1) is 6.92 Å². The van der Waals surface area contributed by atoms with Gasteiger partial charge in [-0.2, -0.15) is 0 Å². The first-order valence-electron chi connectivity index (χ1n) is 7.52. The third-order valence-corrected chi connectivity index (χ3v) is 5.43. The van der Waals surface area contributed by atoms with Crippen LogP contribution in [0.25, 0.3) is 10.2 Å². The van der Waals surface area contributed by atoms with E-state index < -0.39 is 0 Å². The molecule has 0 spiro atoms. The third kappa shape index (κ3) is 3.16. The highest BCUT2D eigenvalue weighted by atomic mass is 35.5. The number of fused-ring (bicyclic) bond motifs is 3. The van der Waals surface area contributed by atoms with Gasteiger partial charge in [0.25, 0.3) is 0 Å². The van der Waals surface area contributed by atoms with Gasteiger partial charge in [-0.15, -0.1) is 23.7 Å². The number of hydrogen-bond donors (Lipinski definition) is 1. The van der Waals surface area contributed by atoms with E-state index in [0.29, 0.717) is 0 Å². The van der Waals surface area contributed by atoms with Gasteiger partial charge in [-0.3, -0.25) is 0 Å². The number of benzene rings is 1. The molecule has 0 saturated carbocycles. The average Bonchev–Trinajstić information content (AvgIpc) is 2.85. The van der Waals surface area contributed by atoms with Crippen LogP contribution in [0.4, 0.5) is 11.5 Å². The van der Waals surface area contributed by atoms with Crippen molar-refractivity contribution in [2.45, 2.75) is 32.6 Å². The van der Waals surface area contributed by atoms with E-state index in [1.807, 2.05) is 42.5 Å². The van der Waals surface area contributed by atoms with Gasteiger partial charge in [0, 0.05) is 15.6 Å². The molecule has 1 aliphatic rings. The topological polar surface area (TPSA) is 37.8 Å². The van der Waals surface area contributed by atoms with Crippen LogP contribution in [0.1, 0.15) is 29.1 Å². The van der Waals surface area contributed by atoms with Crippen LogP contribution in [-0.2, 0) is 12.8 Å². The summed E-state index contributed by atoms with van der Waals surface area (Å²) in [6, 6.07) is 7.75.